The molecule has 3 N–H and O–H groups in total. The SMILES string of the molecule is COc1cccc(/C=C/C(=O)OCC(=O)NC(N)=O)c1. The first-order valence-electron chi connectivity index (χ1n) is 5.59. The van der Waals surface area contributed by atoms with E-state index in [-0.39, 0.29) is 0 Å². The molecule has 106 valence electrons. The minimum absolute atomic E-state index is 0.579. The minimum atomic E-state index is -1.00. The number of amides is 3. The maximum absolute atomic E-state index is 11.3. The molecule has 0 atom stereocenters. The van der Waals surface area contributed by atoms with Crippen LogP contribution in [0.5, 0.6) is 5.75 Å². The Hall–Kier alpha value is -2.83. The van der Waals surface area contributed by atoms with Crippen molar-refractivity contribution in [1.82, 2.24) is 5.32 Å². The molecule has 1 aromatic rings. The lowest BCUT2D eigenvalue weighted by Crippen LogP contribution is -2.37. The van der Waals surface area contributed by atoms with Crippen molar-refractivity contribution in [3.63, 3.8) is 0 Å². The van der Waals surface area contributed by atoms with Crippen LogP contribution in [0.2, 0.25) is 0 Å². The lowest BCUT2D eigenvalue weighted by Gasteiger charge is -2.02. The maximum atomic E-state index is 11.3. The number of nitrogens with one attached hydrogen (secondary N) is 1. The lowest BCUT2D eigenvalue weighted by atomic mass is 10.2. The monoisotopic (exact) mass is 278 g/mol. The third kappa shape index (κ3) is 5.67. The minimum Gasteiger partial charge on any atom is -0.497 e. The van der Waals surface area contributed by atoms with Crippen LogP contribution in [0.4, 0.5) is 4.79 Å². The number of hydrogen-bond acceptors (Lipinski definition) is 5. The highest BCUT2D eigenvalue weighted by Gasteiger charge is 2.06. The molecule has 3 amide bonds. The second-order valence-corrected chi connectivity index (χ2v) is 3.63. The number of benzene rings is 1. The fourth-order valence-electron chi connectivity index (χ4n) is 1.27. The van der Waals surface area contributed by atoms with Gasteiger partial charge in [0, 0.05) is 6.08 Å². The van der Waals surface area contributed by atoms with Crippen molar-refractivity contribution in [2.75, 3.05) is 13.7 Å². The lowest BCUT2D eigenvalue weighted by molar-refractivity contribution is -0.143. The van der Waals surface area contributed by atoms with E-state index in [1.165, 1.54) is 13.2 Å². The van der Waals surface area contributed by atoms with Crippen LogP contribution in [0.1, 0.15) is 5.56 Å². The average molecular weight is 278 g/mol. The molecule has 7 heteroatoms. The van der Waals surface area contributed by atoms with Gasteiger partial charge in [-0.2, -0.15) is 0 Å². The predicted octanol–water partition coefficient (Wildman–Crippen LogP) is 0.446. The van der Waals surface area contributed by atoms with E-state index in [2.05, 4.69) is 4.74 Å². The molecule has 0 saturated carbocycles. The first-order chi connectivity index (χ1) is 9.51. The van der Waals surface area contributed by atoms with Crippen molar-refractivity contribution < 1.29 is 23.9 Å². The largest absolute Gasteiger partial charge is 0.497 e. The molecule has 0 unspecified atom stereocenters. The molecule has 1 rings (SSSR count). The summed E-state index contributed by atoms with van der Waals surface area (Å²) in [5, 5.41) is 1.77. The molecule has 7 nitrogen and oxygen atoms in total. The number of imide groups is 1. The standard InChI is InChI=1S/C13H14N2O5/c1-19-10-4-2-3-9(7-10)5-6-12(17)20-8-11(16)15-13(14)18/h2-7H,8H2,1H3,(H3,14,15,16,18)/b6-5+. The van der Waals surface area contributed by atoms with Crippen LogP contribution in [-0.2, 0) is 14.3 Å². The van der Waals surface area contributed by atoms with Gasteiger partial charge in [-0.25, -0.2) is 9.59 Å². The van der Waals surface area contributed by atoms with Gasteiger partial charge in [0.2, 0.25) is 0 Å². The van der Waals surface area contributed by atoms with Gasteiger partial charge in [-0.1, -0.05) is 12.1 Å². The van der Waals surface area contributed by atoms with Crippen LogP contribution in [-0.4, -0.2) is 31.6 Å². The molecule has 0 spiro atoms. The first kappa shape index (κ1) is 15.2. The first-order valence-corrected chi connectivity index (χ1v) is 5.59. The second kappa shape index (κ2) is 7.57. The van der Waals surface area contributed by atoms with E-state index in [0.717, 1.165) is 11.6 Å². The molecule has 0 radical (unpaired) electrons. The van der Waals surface area contributed by atoms with E-state index in [9.17, 15) is 14.4 Å². The van der Waals surface area contributed by atoms with Crippen molar-refractivity contribution >= 4 is 24.0 Å². The quantitative estimate of drug-likeness (QED) is 0.600. The Balaban J connectivity index is 2.47. The van der Waals surface area contributed by atoms with E-state index in [0.29, 0.717) is 5.75 Å². The average Bonchev–Trinajstić information content (AvgIpc) is 2.42. The Morgan fingerprint density at radius 1 is 1.35 bits per heavy atom. The molecule has 0 heterocycles. The van der Waals surface area contributed by atoms with Gasteiger partial charge in [0.1, 0.15) is 5.75 Å². The van der Waals surface area contributed by atoms with E-state index in [4.69, 9.17) is 10.5 Å². The zero-order chi connectivity index (χ0) is 15.0. The van der Waals surface area contributed by atoms with Crippen LogP contribution in [0.15, 0.2) is 30.3 Å². The van der Waals surface area contributed by atoms with Gasteiger partial charge >= 0.3 is 12.0 Å². The van der Waals surface area contributed by atoms with Crippen LogP contribution in [0, 0.1) is 0 Å². The molecule has 0 fully saturated rings. The van der Waals surface area contributed by atoms with Crippen LogP contribution >= 0.6 is 0 Å². The Bertz CT molecular complexity index is 539. The maximum Gasteiger partial charge on any atom is 0.331 e. The molecule has 0 bridgehead atoms. The highest BCUT2D eigenvalue weighted by atomic mass is 16.5. The molecule has 0 aliphatic rings. The van der Waals surface area contributed by atoms with Crippen molar-refractivity contribution in [1.29, 1.82) is 0 Å². The normalized spacial score (nSPS) is 10.1. The molecule has 0 aliphatic carbocycles. The van der Waals surface area contributed by atoms with E-state index >= 15 is 0 Å². The highest BCUT2D eigenvalue weighted by molar-refractivity contribution is 5.95. The predicted molar refractivity (Wildman–Crippen MR) is 70.7 cm³/mol. The number of rotatable bonds is 5. The Morgan fingerprint density at radius 3 is 2.75 bits per heavy atom. The summed E-state index contributed by atoms with van der Waals surface area (Å²) in [5.74, 6) is -0.852. The van der Waals surface area contributed by atoms with Gasteiger partial charge in [0.05, 0.1) is 7.11 Å². The van der Waals surface area contributed by atoms with E-state index < -0.39 is 24.5 Å². The smallest absolute Gasteiger partial charge is 0.331 e. The van der Waals surface area contributed by atoms with Gasteiger partial charge in [-0.05, 0) is 23.8 Å². The summed E-state index contributed by atoms with van der Waals surface area (Å²) >= 11 is 0. The summed E-state index contributed by atoms with van der Waals surface area (Å²) in [5.41, 5.74) is 5.46. The summed E-state index contributed by atoms with van der Waals surface area (Å²) in [7, 11) is 1.54. The van der Waals surface area contributed by atoms with Crippen molar-refractivity contribution in [2.45, 2.75) is 0 Å². The van der Waals surface area contributed by atoms with Gasteiger partial charge in [-0.15, -0.1) is 0 Å². The Labute approximate surface area is 115 Å². The van der Waals surface area contributed by atoms with Crippen molar-refractivity contribution in [2.24, 2.45) is 5.73 Å². The highest BCUT2D eigenvalue weighted by Crippen LogP contribution is 2.13. The van der Waals surface area contributed by atoms with E-state index in [1.54, 1.807) is 29.6 Å². The summed E-state index contributed by atoms with van der Waals surface area (Å²) in [6.45, 7) is -0.579. The van der Waals surface area contributed by atoms with Gasteiger partial charge in [0.25, 0.3) is 5.91 Å². The number of esters is 1. The number of urea groups is 1. The second-order valence-electron chi connectivity index (χ2n) is 3.63. The summed E-state index contributed by atoms with van der Waals surface area (Å²) in [6.07, 6.45) is 2.67. The topological polar surface area (TPSA) is 108 Å². The Morgan fingerprint density at radius 2 is 2.10 bits per heavy atom. The van der Waals surface area contributed by atoms with Gasteiger partial charge in [0.15, 0.2) is 6.61 Å². The van der Waals surface area contributed by atoms with Gasteiger partial charge < -0.3 is 15.2 Å². The molecule has 0 aliphatic heterocycles. The zero-order valence-electron chi connectivity index (χ0n) is 10.8. The number of carbonyl (C=O) groups is 3. The third-order valence-corrected chi connectivity index (χ3v) is 2.11. The van der Waals surface area contributed by atoms with Gasteiger partial charge in [-0.3, -0.25) is 10.1 Å². The summed E-state index contributed by atoms with van der Waals surface area (Å²) in [4.78, 5) is 32.7. The number of methoxy groups -OCH3 is 1. The number of ether oxygens (including phenoxy) is 2. The van der Waals surface area contributed by atoms with Crippen LogP contribution in [0.25, 0.3) is 6.08 Å². The molecule has 20 heavy (non-hydrogen) atoms. The van der Waals surface area contributed by atoms with Crippen molar-refractivity contribution in [3.8, 4) is 5.75 Å². The molecular formula is C13H14N2O5. The van der Waals surface area contributed by atoms with Crippen LogP contribution < -0.4 is 15.8 Å². The summed E-state index contributed by atoms with van der Waals surface area (Å²) in [6, 6.07) is 6.03. The fraction of sp³-hybridized carbons (Fsp3) is 0.154. The van der Waals surface area contributed by atoms with Crippen molar-refractivity contribution in [3.05, 3.63) is 35.9 Å². The van der Waals surface area contributed by atoms with Crippen LogP contribution in [0.3, 0.4) is 0 Å². The summed E-state index contributed by atoms with van der Waals surface area (Å²) < 4.78 is 9.64. The number of hydrogen-bond donors (Lipinski definition) is 2. The number of nitrogens with two attached hydrogens (primary N) is 1. The molecule has 0 aromatic heterocycles. The number of carbonyl (C=O) groups excluding carboxylic acids is 3. The zero-order valence-corrected chi connectivity index (χ0v) is 10.8. The third-order valence-electron chi connectivity index (χ3n) is 2.11. The molecule has 0 saturated heterocycles. The Kier molecular flexibility index (Phi) is 5.76. The fourth-order valence-corrected chi connectivity index (χ4v) is 1.27. The number of primary amides is 1. The molecular weight excluding hydrogens is 264 g/mol. The molecule has 1 aromatic carbocycles. The van der Waals surface area contributed by atoms with E-state index in [1.807, 2.05) is 0 Å².